The van der Waals surface area contributed by atoms with E-state index < -0.39 is 6.04 Å². The molecule has 25 heavy (non-hydrogen) atoms. The molecule has 6 nitrogen and oxygen atoms in total. The van der Waals surface area contributed by atoms with Crippen LogP contribution in [0.25, 0.3) is 10.9 Å². The average molecular weight is 337 g/mol. The summed E-state index contributed by atoms with van der Waals surface area (Å²) >= 11 is 0. The number of amides is 1. The summed E-state index contributed by atoms with van der Waals surface area (Å²) in [6, 6.07) is 16.1. The first kappa shape index (κ1) is 16.9. The molecule has 0 radical (unpaired) electrons. The molecule has 0 aliphatic rings. The second-order valence-corrected chi connectivity index (χ2v) is 5.71. The molecule has 6 heteroatoms. The molecule has 0 aliphatic carbocycles. The normalized spacial score (nSPS) is 12.0. The van der Waals surface area contributed by atoms with Crippen LogP contribution in [0.5, 0.6) is 0 Å². The number of hydrogen-bond donors (Lipinski definition) is 2. The second-order valence-electron chi connectivity index (χ2n) is 5.71. The van der Waals surface area contributed by atoms with Gasteiger partial charge in [0.1, 0.15) is 0 Å². The van der Waals surface area contributed by atoms with Crippen molar-refractivity contribution >= 4 is 16.8 Å². The highest BCUT2D eigenvalue weighted by Gasteiger charge is 2.13. The first-order valence-corrected chi connectivity index (χ1v) is 8.09. The minimum atomic E-state index is -0.438. The fourth-order valence-corrected chi connectivity index (χ4v) is 2.73. The second kappa shape index (κ2) is 7.72. The number of nitrogens with one attached hydrogen (secondary N) is 1. The van der Waals surface area contributed by atoms with Crippen LogP contribution >= 0.6 is 0 Å². The molecule has 2 N–H and O–H groups in total. The molecule has 0 aliphatic heterocycles. The molecule has 1 atom stereocenters. The molecule has 0 fully saturated rings. The molecule has 2 aromatic carbocycles. The first-order valence-electron chi connectivity index (χ1n) is 8.09. The van der Waals surface area contributed by atoms with Crippen molar-refractivity contribution in [3.05, 3.63) is 76.6 Å². The third-order valence-electron chi connectivity index (χ3n) is 4.03. The van der Waals surface area contributed by atoms with Gasteiger partial charge in [-0.1, -0.05) is 42.5 Å². The van der Waals surface area contributed by atoms with E-state index >= 15 is 0 Å². The summed E-state index contributed by atoms with van der Waals surface area (Å²) in [5, 5.41) is 17.0. The lowest BCUT2D eigenvalue weighted by Gasteiger charge is -2.17. The number of hydrogen-bond acceptors (Lipinski definition) is 4. The predicted octanol–water partition coefficient (Wildman–Crippen LogP) is 1.64. The molecule has 3 rings (SSSR count). The van der Waals surface area contributed by atoms with Gasteiger partial charge >= 0.3 is 0 Å². The van der Waals surface area contributed by atoms with Crippen molar-refractivity contribution in [2.75, 3.05) is 6.61 Å². The van der Waals surface area contributed by atoms with E-state index in [-0.39, 0.29) is 24.4 Å². The van der Waals surface area contributed by atoms with Gasteiger partial charge in [0.05, 0.1) is 30.9 Å². The van der Waals surface area contributed by atoms with E-state index in [1.54, 1.807) is 16.8 Å². The highest BCUT2D eigenvalue weighted by Crippen LogP contribution is 2.12. The number of aliphatic hydroxyl groups excluding tert-OH is 1. The van der Waals surface area contributed by atoms with Crippen molar-refractivity contribution < 1.29 is 9.90 Å². The smallest absolute Gasteiger partial charge is 0.222 e. The van der Waals surface area contributed by atoms with Crippen LogP contribution in [0.4, 0.5) is 0 Å². The zero-order valence-electron chi connectivity index (χ0n) is 13.6. The lowest BCUT2D eigenvalue weighted by molar-refractivity contribution is -0.122. The van der Waals surface area contributed by atoms with Crippen LogP contribution in [0, 0.1) is 0 Å². The maximum atomic E-state index is 12.2. The van der Waals surface area contributed by atoms with Crippen molar-refractivity contribution in [3.63, 3.8) is 0 Å². The van der Waals surface area contributed by atoms with E-state index in [1.165, 1.54) is 6.20 Å². The SMILES string of the molecule is O=C(CCn1ncc(=O)c2ccccc21)NC(CO)c1ccccc1. The number of nitrogens with zero attached hydrogens (tertiary/aromatic N) is 2. The molecule has 0 bridgehead atoms. The molecule has 1 aromatic heterocycles. The molecule has 1 amide bonds. The van der Waals surface area contributed by atoms with Crippen LogP contribution in [0.1, 0.15) is 18.0 Å². The number of rotatable bonds is 6. The van der Waals surface area contributed by atoms with Crippen LogP contribution in [-0.2, 0) is 11.3 Å². The summed E-state index contributed by atoms with van der Waals surface area (Å²) in [5.74, 6) is -0.188. The summed E-state index contributed by atoms with van der Waals surface area (Å²) < 4.78 is 1.65. The first-order chi connectivity index (χ1) is 12.2. The van der Waals surface area contributed by atoms with Gasteiger partial charge in [-0.25, -0.2) is 0 Å². The van der Waals surface area contributed by atoms with E-state index in [1.807, 2.05) is 42.5 Å². The van der Waals surface area contributed by atoms with E-state index in [9.17, 15) is 14.7 Å². The van der Waals surface area contributed by atoms with Crippen LogP contribution in [0.2, 0.25) is 0 Å². The Balaban J connectivity index is 1.69. The number of fused-ring (bicyclic) bond motifs is 1. The molecule has 3 aromatic rings. The molecule has 128 valence electrons. The highest BCUT2D eigenvalue weighted by atomic mass is 16.3. The van der Waals surface area contributed by atoms with Gasteiger partial charge in [-0.2, -0.15) is 5.10 Å². The Morgan fingerprint density at radius 1 is 1.12 bits per heavy atom. The molecule has 1 unspecified atom stereocenters. The monoisotopic (exact) mass is 337 g/mol. The van der Waals surface area contributed by atoms with Gasteiger partial charge in [0.25, 0.3) is 0 Å². The summed E-state index contributed by atoms with van der Waals surface area (Å²) in [4.78, 5) is 24.1. The maximum Gasteiger partial charge on any atom is 0.222 e. The van der Waals surface area contributed by atoms with Crippen molar-refractivity contribution in [1.29, 1.82) is 0 Å². The molecule has 0 spiro atoms. The summed E-state index contributed by atoms with van der Waals surface area (Å²) in [7, 11) is 0. The number of benzene rings is 2. The molecular weight excluding hydrogens is 318 g/mol. The van der Waals surface area contributed by atoms with Gasteiger partial charge < -0.3 is 10.4 Å². The minimum absolute atomic E-state index is 0.138. The van der Waals surface area contributed by atoms with E-state index in [0.29, 0.717) is 17.4 Å². The number of aryl methyl sites for hydroxylation is 1. The van der Waals surface area contributed by atoms with Gasteiger partial charge in [-0.05, 0) is 17.7 Å². The quantitative estimate of drug-likeness (QED) is 0.716. The summed E-state index contributed by atoms with van der Waals surface area (Å²) in [5.41, 5.74) is 1.41. The molecule has 0 saturated heterocycles. The number of aromatic nitrogens is 2. The molecule has 1 heterocycles. The average Bonchev–Trinajstić information content (AvgIpc) is 2.66. The lowest BCUT2D eigenvalue weighted by Crippen LogP contribution is -2.31. The Hall–Kier alpha value is -2.99. The Bertz CT molecular complexity index is 922. The highest BCUT2D eigenvalue weighted by molar-refractivity contribution is 5.79. The van der Waals surface area contributed by atoms with Crippen molar-refractivity contribution in [2.45, 2.75) is 19.0 Å². The van der Waals surface area contributed by atoms with Gasteiger partial charge in [-0.15, -0.1) is 0 Å². The van der Waals surface area contributed by atoms with E-state index in [4.69, 9.17) is 0 Å². The van der Waals surface area contributed by atoms with Crippen LogP contribution in [0.3, 0.4) is 0 Å². The topological polar surface area (TPSA) is 84.2 Å². The van der Waals surface area contributed by atoms with Crippen molar-refractivity contribution in [2.24, 2.45) is 0 Å². The lowest BCUT2D eigenvalue weighted by atomic mass is 10.1. The zero-order valence-corrected chi connectivity index (χ0v) is 13.6. The summed E-state index contributed by atoms with van der Waals surface area (Å²) in [6.45, 7) is 0.175. The Morgan fingerprint density at radius 3 is 2.60 bits per heavy atom. The van der Waals surface area contributed by atoms with Gasteiger partial charge in [-0.3, -0.25) is 14.3 Å². The van der Waals surface area contributed by atoms with Crippen molar-refractivity contribution in [1.82, 2.24) is 15.1 Å². The van der Waals surface area contributed by atoms with Crippen LogP contribution in [-0.4, -0.2) is 27.4 Å². The largest absolute Gasteiger partial charge is 0.394 e. The Labute approximate surface area is 144 Å². The molecule has 0 saturated carbocycles. The van der Waals surface area contributed by atoms with Crippen molar-refractivity contribution in [3.8, 4) is 0 Å². The zero-order chi connectivity index (χ0) is 17.6. The van der Waals surface area contributed by atoms with Gasteiger partial charge in [0.15, 0.2) is 0 Å². The third-order valence-corrected chi connectivity index (χ3v) is 4.03. The number of aliphatic hydroxyl groups is 1. The Kier molecular flexibility index (Phi) is 5.20. The number of carbonyl (C=O) groups excluding carboxylic acids is 1. The fourth-order valence-electron chi connectivity index (χ4n) is 2.73. The fraction of sp³-hybridized carbons (Fsp3) is 0.211. The van der Waals surface area contributed by atoms with E-state index in [0.717, 1.165) is 5.56 Å². The third kappa shape index (κ3) is 3.92. The number of para-hydroxylation sites is 1. The minimum Gasteiger partial charge on any atom is -0.394 e. The van der Waals surface area contributed by atoms with Crippen LogP contribution < -0.4 is 10.7 Å². The maximum absolute atomic E-state index is 12.2. The number of carbonyl (C=O) groups is 1. The Morgan fingerprint density at radius 2 is 1.84 bits per heavy atom. The predicted molar refractivity (Wildman–Crippen MR) is 95.0 cm³/mol. The standard InChI is InChI=1S/C19H19N3O3/c23-13-16(14-6-2-1-3-7-14)21-19(25)10-11-22-17-9-5-4-8-15(17)18(24)12-20-22/h1-9,12,16,23H,10-11,13H2,(H,21,25). The van der Waals surface area contributed by atoms with Crippen LogP contribution in [0.15, 0.2) is 65.6 Å². The van der Waals surface area contributed by atoms with E-state index in [2.05, 4.69) is 10.4 Å². The summed E-state index contributed by atoms with van der Waals surface area (Å²) in [6.07, 6.45) is 1.46. The van der Waals surface area contributed by atoms with Gasteiger partial charge in [0, 0.05) is 11.8 Å². The van der Waals surface area contributed by atoms with Gasteiger partial charge in [0.2, 0.25) is 11.3 Å². The molecular formula is C19H19N3O3.